The number of halogens is 3. The van der Waals surface area contributed by atoms with Crippen molar-refractivity contribution in [1.29, 1.82) is 0 Å². The molecular weight excluding hydrogens is 383 g/mol. The normalized spacial score (nSPS) is 21.4. The van der Waals surface area contributed by atoms with Crippen LogP contribution in [0, 0.1) is 11.8 Å². The van der Waals surface area contributed by atoms with E-state index >= 15 is 0 Å². The fourth-order valence-corrected chi connectivity index (χ4v) is 3.90. The number of fused-ring (bicyclic) bond motifs is 1. The second-order valence-corrected chi connectivity index (χ2v) is 8.17. The molecule has 0 saturated carbocycles. The van der Waals surface area contributed by atoms with Crippen molar-refractivity contribution in [3.05, 3.63) is 36.0 Å². The Morgan fingerprint density at radius 2 is 2.00 bits per heavy atom. The number of aliphatic hydroxyl groups is 1. The summed E-state index contributed by atoms with van der Waals surface area (Å²) in [6.45, 7) is 6.68. The molecule has 2 N–H and O–H groups in total. The molecule has 2 heterocycles. The number of anilines is 1. The van der Waals surface area contributed by atoms with Crippen molar-refractivity contribution in [2.24, 2.45) is 11.8 Å². The predicted molar refractivity (Wildman–Crippen MR) is 106 cm³/mol. The fourth-order valence-electron chi connectivity index (χ4n) is 3.90. The maximum absolute atomic E-state index is 13.4. The molecule has 1 aliphatic rings. The number of hydrogen-bond acceptors (Lipinski definition) is 4. The Kier molecular flexibility index (Phi) is 6.03. The van der Waals surface area contributed by atoms with Crippen LogP contribution in [0.1, 0.15) is 32.8 Å². The molecule has 2 aromatic rings. The summed E-state index contributed by atoms with van der Waals surface area (Å²) in [5, 5.41) is 13.3. The number of nitrogens with zero attached hydrogens (tertiary/aromatic N) is 2. The third-order valence-electron chi connectivity index (χ3n) is 5.30. The van der Waals surface area contributed by atoms with Gasteiger partial charge in [-0.3, -0.25) is 9.78 Å². The molecule has 8 heteroatoms. The van der Waals surface area contributed by atoms with Crippen molar-refractivity contribution in [2.45, 2.75) is 45.5 Å². The molecule has 0 bridgehead atoms. The van der Waals surface area contributed by atoms with Gasteiger partial charge in [0.1, 0.15) is 6.10 Å². The molecule has 158 valence electrons. The lowest BCUT2D eigenvalue weighted by molar-refractivity contribution is -0.136. The minimum absolute atomic E-state index is 0.0773. The Morgan fingerprint density at radius 1 is 1.28 bits per heavy atom. The predicted octanol–water partition coefficient (Wildman–Crippen LogP) is 3.60. The number of amides is 1. The van der Waals surface area contributed by atoms with Crippen LogP contribution >= 0.6 is 0 Å². The monoisotopic (exact) mass is 409 g/mol. The van der Waals surface area contributed by atoms with E-state index in [4.69, 9.17) is 0 Å². The minimum atomic E-state index is -4.48. The number of benzene rings is 1. The lowest BCUT2D eigenvalue weighted by atomic mass is 9.94. The number of carbonyl (C=O) groups excluding carboxylic acids is 1. The van der Waals surface area contributed by atoms with Gasteiger partial charge in [-0.2, -0.15) is 13.2 Å². The van der Waals surface area contributed by atoms with Crippen LogP contribution in [0.4, 0.5) is 18.9 Å². The summed E-state index contributed by atoms with van der Waals surface area (Å²) < 4.78 is 40.1. The largest absolute Gasteiger partial charge is 0.418 e. The molecule has 1 amide bonds. The number of rotatable bonds is 4. The van der Waals surface area contributed by atoms with Crippen LogP contribution in [0.15, 0.2) is 30.5 Å². The second-order valence-electron chi connectivity index (χ2n) is 8.17. The third kappa shape index (κ3) is 4.63. The van der Waals surface area contributed by atoms with Gasteiger partial charge in [0.2, 0.25) is 5.91 Å². The van der Waals surface area contributed by atoms with Gasteiger partial charge in [-0.05, 0) is 42.5 Å². The van der Waals surface area contributed by atoms with Crippen molar-refractivity contribution in [2.75, 3.05) is 18.0 Å². The summed E-state index contributed by atoms with van der Waals surface area (Å²) in [5.74, 6) is -0.394. The first-order valence-electron chi connectivity index (χ1n) is 9.76. The SMILES string of the molecule is CC(C)[C@H](O)C(=O)N[C@@H]1C[C@@H](C)CN(c2ccc(C(F)(F)F)c3ncccc23)C1. The zero-order valence-corrected chi connectivity index (χ0v) is 16.7. The quantitative estimate of drug-likeness (QED) is 0.810. The van der Waals surface area contributed by atoms with Crippen molar-refractivity contribution in [1.82, 2.24) is 10.3 Å². The maximum atomic E-state index is 13.4. The van der Waals surface area contributed by atoms with E-state index in [-0.39, 0.29) is 23.4 Å². The minimum Gasteiger partial charge on any atom is -0.383 e. The van der Waals surface area contributed by atoms with Crippen LogP contribution in [-0.4, -0.2) is 41.2 Å². The van der Waals surface area contributed by atoms with E-state index in [0.717, 1.165) is 12.5 Å². The lowest BCUT2D eigenvalue weighted by Gasteiger charge is -2.39. The van der Waals surface area contributed by atoms with Gasteiger partial charge in [0.05, 0.1) is 11.1 Å². The van der Waals surface area contributed by atoms with Gasteiger partial charge in [0.25, 0.3) is 0 Å². The van der Waals surface area contributed by atoms with Crippen molar-refractivity contribution in [3.8, 4) is 0 Å². The first-order chi connectivity index (χ1) is 13.6. The number of piperidine rings is 1. The zero-order valence-electron chi connectivity index (χ0n) is 16.7. The molecule has 0 spiro atoms. The van der Waals surface area contributed by atoms with E-state index < -0.39 is 23.8 Å². The van der Waals surface area contributed by atoms with Crippen LogP contribution in [0.2, 0.25) is 0 Å². The number of aromatic nitrogens is 1. The van der Waals surface area contributed by atoms with Crippen molar-refractivity contribution < 1.29 is 23.1 Å². The molecule has 1 saturated heterocycles. The molecule has 3 atom stereocenters. The highest BCUT2D eigenvalue weighted by Crippen LogP contribution is 2.38. The molecule has 1 aromatic carbocycles. The summed E-state index contributed by atoms with van der Waals surface area (Å²) in [6, 6.07) is 5.61. The molecule has 3 rings (SSSR count). The maximum Gasteiger partial charge on any atom is 0.418 e. The van der Waals surface area contributed by atoms with E-state index in [9.17, 15) is 23.1 Å². The Bertz CT molecular complexity index is 885. The molecular formula is C21H26F3N3O2. The fraction of sp³-hybridized carbons (Fsp3) is 0.524. The number of carbonyl (C=O) groups is 1. The number of aliphatic hydroxyl groups excluding tert-OH is 1. The van der Waals surface area contributed by atoms with Gasteiger partial charge >= 0.3 is 6.18 Å². The highest BCUT2D eigenvalue weighted by molar-refractivity contribution is 5.94. The summed E-state index contributed by atoms with van der Waals surface area (Å²) in [6.07, 6.45) is -3.47. The van der Waals surface area contributed by atoms with Crippen LogP contribution in [0.25, 0.3) is 10.9 Å². The number of pyridine rings is 1. The number of nitrogens with one attached hydrogen (secondary N) is 1. The first kappa shape index (κ1) is 21.4. The zero-order chi connectivity index (χ0) is 21.3. The summed E-state index contributed by atoms with van der Waals surface area (Å²) in [7, 11) is 0. The average molecular weight is 409 g/mol. The molecule has 0 unspecified atom stereocenters. The molecule has 1 fully saturated rings. The average Bonchev–Trinajstić information content (AvgIpc) is 2.65. The number of hydrogen-bond donors (Lipinski definition) is 2. The van der Waals surface area contributed by atoms with Crippen molar-refractivity contribution in [3.63, 3.8) is 0 Å². The standard InChI is InChI=1S/C21H26F3N3O2/c1-12(2)19(28)20(29)26-14-9-13(3)10-27(11-14)17-7-6-16(21(22,23)24)18-15(17)5-4-8-25-18/h4-8,12-14,19,28H,9-11H2,1-3H3,(H,26,29)/t13-,14-,19+/m1/s1. The second kappa shape index (κ2) is 8.18. The first-order valence-corrected chi connectivity index (χ1v) is 9.76. The molecule has 5 nitrogen and oxygen atoms in total. The molecule has 29 heavy (non-hydrogen) atoms. The van der Waals surface area contributed by atoms with E-state index in [1.807, 2.05) is 11.8 Å². The summed E-state index contributed by atoms with van der Waals surface area (Å²) >= 11 is 0. The smallest absolute Gasteiger partial charge is 0.383 e. The van der Waals surface area contributed by atoms with Gasteiger partial charge in [-0.1, -0.05) is 20.8 Å². The summed E-state index contributed by atoms with van der Waals surface area (Å²) in [5.41, 5.74) is -0.172. The highest BCUT2D eigenvalue weighted by atomic mass is 19.4. The van der Waals surface area contributed by atoms with Crippen molar-refractivity contribution >= 4 is 22.5 Å². The Hall–Kier alpha value is -2.35. The highest BCUT2D eigenvalue weighted by Gasteiger charge is 2.35. The van der Waals surface area contributed by atoms with E-state index in [0.29, 0.717) is 24.2 Å². The Morgan fingerprint density at radius 3 is 2.66 bits per heavy atom. The van der Waals surface area contributed by atoms with Gasteiger partial charge in [-0.15, -0.1) is 0 Å². The summed E-state index contributed by atoms with van der Waals surface area (Å²) in [4.78, 5) is 18.2. The Labute approximate surface area is 167 Å². The van der Waals surface area contributed by atoms with Gasteiger partial charge < -0.3 is 15.3 Å². The van der Waals surface area contributed by atoms with Gasteiger partial charge in [-0.25, -0.2) is 0 Å². The topological polar surface area (TPSA) is 65.5 Å². The van der Waals surface area contributed by atoms with Crippen LogP contribution in [0.3, 0.4) is 0 Å². The van der Waals surface area contributed by atoms with Gasteiger partial charge in [0.15, 0.2) is 0 Å². The molecule has 0 aliphatic carbocycles. The molecule has 0 radical (unpaired) electrons. The van der Waals surface area contributed by atoms with Crippen LogP contribution in [0.5, 0.6) is 0 Å². The van der Waals surface area contributed by atoms with Crippen LogP contribution in [-0.2, 0) is 11.0 Å². The number of alkyl halides is 3. The van der Waals surface area contributed by atoms with E-state index in [2.05, 4.69) is 10.3 Å². The molecule has 1 aliphatic heterocycles. The Balaban J connectivity index is 1.90. The molecule has 1 aromatic heterocycles. The lowest BCUT2D eigenvalue weighted by Crippen LogP contribution is -2.53. The van der Waals surface area contributed by atoms with Crippen LogP contribution < -0.4 is 10.2 Å². The van der Waals surface area contributed by atoms with Gasteiger partial charge in [0, 0.05) is 36.4 Å². The van der Waals surface area contributed by atoms with E-state index in [1.165, 1.54) is 12.3 Å². The third-order valence-corrected chi connectivity index (χ3v) is 5.30. The van der Waals surface area contributed by atoms with E-state index in [1.54, 1.807) is 26.0 Å².